The van der Waals surface area contributed by atoms with E-state index in [9.17, 15) is 0 Å². The molecule has 10 heavy (non-hydrogen) atoms. The van der Waals surface area contributed by atoms with Crippen LogP contribution in [-0.4, -0.2) is 13.2 Å². The number of rotatable bonds is 0. The van der Waals surface area contributed by atoms with Gasteiger partial charge < -0.3 is 10.1 Å². The Morgan fingerprint density at radius 3 is 2.90 bits per heavy atom. The SMILES string of the molecule is C/C1=C(\C)OCCCCN1. The monoisotopic (exact) mass is 141 g/mol. The molecule has 2 nitrogen and oxygen atoms in total. The highest BCUT2D eigenvalue weighted by atomic mass is 16.5. The van der Waals surface area contributed by atoms with Crippen molar-refractivity contribution in [2.45, 2.75) is 26.7 Å². The molecule has 0 aromatic carbocycles. The van der Waals surface area contributed by atoms with Crippen LogP contribution in [0.3, 0.4) is 0 Å². The van der Waals surface area contributed by atoms with Crippen LogP contribution in [0, 0.1) is 0 Å². The smallest absolute Gasteiger partial charge is 0.111 e. The molecular weight excluding hydrogens is 126 g/mol. The quantitative estimate of drug-likeness (QED) is 0.553. The fraction of sp³-hybridized carbons (Fsp3) is 0.750. The summed E-state index contributed by atoms with van der Waals surface area (Å²) in [5.41, 5.74) is 1.18. The van der Waals surface area contributed by atoms with Gasteiger partial charge in [0, 0.05) is 12.2 Å². The van der Waals surface area contributed by atoms with Gasteiger partial charge in [0.2, 0.25) is 0 Å². The molecule has 0 fully saturated rings. The highest BCUT2D eigenvalue weighted by Gasteiger charge is 2.00. The van der Waals surface area contributed by atoms with Crippen molar-refractivity contribution in [3.8, 4) is 0 Å². The normalized spacial score (nSPS) is 27.8. The predicted octanol–water partition coefficient (Wildman–Crippen LogP) is 1.64. The Kier molecular flexibility index (Phi) is 2.60. The van der Waals surface area contributed by atoms with E-state index in [1.165, 1.54) is 12.1 Å². The van der Waals surface area contributed by atoms with Crippen LogP contribution >= 0.6 is 0 Å². The molecule has 0 aliphatic carbocycles. The average molecular weight is 141 g/mol. The van der Waals surface area contributed by atoms with E-state index in [-0.39, 0.29) is 0 Å². The molecule has 0 aromatic rings. The third kappa shape index (κ3) is 1.94. The van der Waals surface area contributed by atoms with Crippen LogP contribution in [-0.2, 0) is 4.74 Å². The van der Waals surface area contributed by atoms with Gasteiger partial charge in [-0.15, -0.1) is 0 Å². The van der Waals surface area contributed by atoms with E-state index < -0.39 is 0 Å². The highest BCUT2D eigenvalue weighted by Crippen LogP contribution is 2.06. The van der Waals surface area contributed by atoms with Crippen LogP contribution in [0.25, 0.3) is 0 Å². The average Bonchev–Trinajstić information content (AvgIpc) is 1.92. The molecule has 58 valence electrons. The summed E-state index contributed by atoms with van der Waals surface area (Å²) in [5, 5.41) is 3.29. The molecule has 0 aromatic heterocycles. The summed E-state index contributed by atoms with van der Waals surface area (Å²) in [7, 11) is 0. The molecule has 0 amide bonds. The van der Waals surface area contributed by atoms with Crippen LogP contribution in [0.1, 0.15) is 26.7 Å². The van der Waals surface area contributed by atoms with Gasteiger partial charge >= 0.3 is 0 Å². The van der Waals surface area contributed by atoms with Crippen LogP contribution < -0.4 is 5.32 Å². The first-order valence-electron chi connectivity index (χ1n) is 3.85. The van der Waals surface area contributed by atoms with Crippen molar-refractivity contribution in [1.82, 2.24) is 5.32 Å². The molecule has 0 saturated heterocycles. The van der Waals surface area contributed by atoms with Gasteiger partial charge in [0.25, 0.3) is 0 Å². The summed E-state index contributed by atoms with van der Waals surface area (Å²) in [6.07, 6.45) is 2.38. The third-order valence-corrected chi connectivity index (χ3v) is 1.81. The lowest BCUT2D eigenvalue weighted by molar-refractivity contribution is 0.196. The molecule has 1 aliphatic heterocycles. The second kappa shape index (κ2) is 3.49. The maximum Gasteiger partial charge on any atom is 0.111 e. The van der Waals surface area contributed by atoms with Crippen LogP contribution in [0.15, 0.2) is 11.5 Å². The minimum absolute atomic E-state index is 0.880. The molecule has 1 aliphatic rings. The minimum atomic E-state index is 0.880. The molecule has 0 spiro atoms. The molecule has 2 heteroatoms. The molecule has 1 heterocycles. The second-order valence-electron chi connectivity index (χ2n) is 2.66. The standard InChI is InChI=1S/C8H15NO/c1-7-8(2)10-6-4-3-5-9-7/h9H,3-6H2,1-2H3/b8-7-. The first kappa shape index (κ1) is 7.45. The van der Waals surface area contributed by atoms with Gasteiger partial charge in [-0.2, -0.15) is 0 Å². The third-order valence-electron chi connectivity index (χ3n) is 1.81. The number of hydrogen-bond acceptors (Lipinski definition) is 2. The lowest BCUT2D eigenvalue weighted by Crippen LogP contribution is -2.18. The maximum atomic E-state index is 5.41. The van der Waals surface area contributed by atoms with Crippen molar-refractivity contribution in [2.24, 2.45) is 0 Å². The number of nitrogens with one attached hydrogen (secondary N) is 1. The molecular formula is C8H15NO. The van der Waals surface area contributed by atoms with Gasteiger partial charge in [0.05, 0.1) is 6.61 Å². The summed E-state index contributed by atoms with van der Waals surface area (Å²) < 4.78 is 5.41. The Morgan fingerprint density at radius 1 is 1.30 bits per heavy atom. The summed E-state index contributed by atoms with van der Waals surface area (Å²) in [6, 6.07) is 0. The Balaban J connectivity index is 2.51. The van der Waals surface area contributed by atoms with Crippen molar-refractivity contribution >= 4 is 0 Å². The van der Waals surface area contributed by atoms with E-state index in [1.807, 2.05) is 6.92 Å². The summed E-state index contributed by atoms with van der Waals surface area (Å²) in [4.78, 5) is 0. The van der Waals surface area contributed by atoms with Gasteiger partial charge in [-0.05, 0) is 26.7 Å². The second-order valence-corrected chi connectivity index (χ2v) is 2.66. The molecule has 0 radical (unpaired) electrons. The van der Waals surface area contributed by atoms with Gasteiger partial charge in [-0.3, -0.25) is 0 Å². The molecule has 1 rings (SSSR count). The summed E-state index contributed by atoms with van der Waals surface area (Å²) in [6.45, 7) is 6.03. The molecule has 0 bridgehead atoms. The zero-order valence-corrected chi connectivity index (χ0v) is 6.74. The van der Waals surface area contributed by atoms with E-state index in [4.69, 9.17) is 4.74 Å². The maximum absolute atomic E-state index is 5.41. The van der Waals surface area contributed by atoms with Crippen molar-refractivity contribution in [2.75, 3.05) is 13.2 Å². The van der Waals surface area contributed by atoms with E-state index >= 15 is 0 Å². The zero-order valence-electron chi connectivity index (χ0n) is 6.74. The molecule has 1 N–H and O–H groups in total. The van der Waals surface area contributed by atoms with Crippen molar-refractivity contribution in [3.05, 3.63) is 11.5 Å². The van der Waals surface area contributed by atoms with Crippen LogP contribution in [0.4, 0.5) is 0 Å². The molecule has 0 saturated carbocycles. The van der Waals surface area contributed by atoms with Gasteiger partial charge in [0.15, 0.2) is 0 Å². The zero-order chi connectivity index (χ0) is 7.40. The minimum Gasteiger partial charge on any atom is -0.496 e. The lowest BCUT2D eigenvalue weighted by atomic mass is 10.3. The Labute approximate surface area is 62.3 Å². The lowest BCUT2D eigenvalue weighted by Gasteiger charge is -2.15. The first-order valence-corrected chi connectivity index (χ1v) is 3.85. The van der Waals surface area contributed by atoms with E-state index in [2.05, 4.69) is 12.2 Å². The Hall–Kier alpha value is -0.660. The fourth-order valence-corrected chi connectivity index (χ4v) is 0.961. The van der Waals surface area contributed by atoms with Crippen molar-refractivity contribution in [1.29, 1.82) is 0 Å². The van der Waals surface area contributed by atoms with Crippen molar-refractivity contribution in [3.63, 3.8) is 0 Å². The summed E-state index contributed by atoms with van der Waals surface area (Å²) >= 11 is 0. The largest absolute Gasteiger partial charge is 0.496 e. The number of ether oxygens (including phenoxy) is 1. The Morgan fingerprint density at radius 2 is 2.10 bits per heavy atom. The number of hydrogen-bond donors (Lipinski definition) is 1. The fourth-order valence-electron chi connectivity index (χ4n) is 0.961. The molecule has 0 unspecified atom stereocenters. The first-order chi connectivity index (χ1) is 4.80. The van der Waals surface area contributed by atoms with E-state index in [1.54, 1.807) is 0 Å². The van der Waals surface area contributed by atoms with Crippen LogP contribution in [0.5, 0.6) is 0 Å². The van der Waals surface area contributed by atoms with Crippen molar-refractivity contribution < 1.29 is 4.74 Å². The van der Waals surface area contributed by atoms with Gasteiger partial charge in [0.1, 0.15) is 5.76 Å². The highest BCUT2D eigenvalue weighted by molar-refractivity contribution is 5.01. The summed E-state index contributed by atoms with van der Waals surface area (Å²) in [5.74, 6) is 1.04. The van der Waals surface area contributed by atoms with E-state index in [0.29, 0.717) is 0 Å². The van der Waals surface area contributed by atoms with E-state index in [0.717, 1.165) is 25.3 Å². The Bertz CT molecular complexity index is 124. The van der Waals surface area contributed by atoms with Gasteiger partial charge in [-0.25, -0.2) is 0 Å². The topological polar surface area (TPSA) is 21.3 Å². The van der Waals surface area contributed by atoms with Gasteiger partial charge in [-0.1, -0.05) is 0 Å². The number of allylic oxidation sites excluding steroid dienone is 2. The van der Waals surface area contributed by atoms with Crippen LogP contribution in [0.2, 0.25) is 0 Å². The predicted molar refractivity (Wildman–Crippen MR) is 41.6 cm³/mol. The molecule has 0 atom stereocenters.